The summed E-state index contributed by atoms with van der Waals surface area (Å²) >= 11 is 0. The first-order valence-electron chi connectivity index (χ1n) is 12.7. The lowest BCUT2D eigenvalue weighted by Gasteiger charge is -2.32. The zero-order valence-corrected chi connectivity index (χ0v) is 21.8. The van der Waals surface area contributed by atoms with Crippen molar-refractivity contribution in [3.63, 3.8) is 0 Å². The van der Waals surface area contributed by atoms with Gasteiger partial charge in [0.1, 0.15) is 11.3 Å². The van der Waals surface area contributed by atoms with Crippen molar-refractivity contribution >= 4 is 22.8 Å². The number of anilines is 2. The molecule has 1 aliphatic heterocycles. The van der Waals surface area contributed by atoms with Crippen molar-refractivity contribution < 1.29 is 0 Å². The Morgan fingerprint density at radius 2 is 1.61 bits per heavy atom. The molecule has 0 radical (unpaired) electrons. The molecule has 9 heteroatoms. The summed E-state index contributed by atoms with van der Waals surface area (Å²) in [5.41, 5.74) is 7.68. The molecule has 1 fully saturated rings. The number of hydrogen-bond donors (Lipinski definition) is 2. The van der Waals surface area contributed by atoms with Gasteiger partial charge in [-0.15, -0.1) is 0 Å². The van der Waals surface area contributed by atoms with Crippen molar-refractivity contribution in [1.29, 1.82) is 0 Å². The summed E-state index contributed by atoms with van der Waals surface area (Å²) in [5.74, 6) is 2.36. The van der Waals surface area contributed by atoms with E-state index in [4.69, 9.17) is 10.1 Å². The Balaban J connectivity index is 1.25. The van der Waals surface area contributed by atoms with Crippen molar-refractivity contribution in [2.45, 2.75) is 46.6 Å². The lowest BCUT2D eigenvalue weighted by molar-refractivity contribution is 0.418. The van der Waals surface area contributed by atoms with Crippen LogP contribution in [0.5, 0.6) is 0 Å². The molecule has 1 aromatic carbocycles. The van der Waals surface area contributed by atoms with E-state index < -0.39 is 0 Å². The molecule has 2 N–H and O–H groups in total. The highest BCUT2D eigenvalue weighted by atomic mass is 15.3. The van der Waals surface area contributed by atoms with E-state index in [1.807, 2.05) is 24.7 Å². The van der Waals surface area contributed by atoms with Gasteiger partial charge in [0.25, 0.3) is 0 Å². The van der Waals surface area contributed by atoms with Crippen molar-refractivity contribution in [3.8, 4) is 11.3 Å². The van der Waals surface area contributed by atoms with Crippen LogP contribution < -0.4 is 15.5 Å². The number of hydrogen-bond acceptors (Lipinski definition) is 8. The van der Waals surface area contributed by atoms with Crippen LogP contribution in [0.3, 0.4) is 0 Å². The first-order valence-corrected chi connectivity index (χ1v) is 12.7. The Kier molecular flexibility index (Phi) is 6.82. The second kappa shape index (κ2) is 10.2. The maximum absolute atomic E-state index is 4.83. The summed E-state index contributed by atoms with van der Waals surface area (Å²) in [5, 5.41) is 12.0. The minimum absolute atomic E-state index is 0.493. The predicted octanol–water partition coefficient (Wildman–Crippen LogP) is 3.72. The van der Waals surface area contributed by atoms with E-state index in [2.05, 4.69) is 63.4 Å². The zero-order valence-electron chi connectivity index (χ0n) is 21.8. The van der Waals surface area contributed by atoms with Crippen LogP contribution in [0, 0.1) is 27.7 Å². The molecule has 188 valence electrons. The number of nitrogens with one attached hydrogen (secondary N) is 2. The summed E-state index contributed by atoms with van der Waals surface area (Å²) in [6.45, 7) is 11.9. The fraction of sp³-hybridized carbons (Fsp3) is 0.444. The van der Waals surface area contributed by atoms with Gasteiger partial charge in [-0.1, -0.05) is 17.7 Å². The number of benzene rings is 1. The van der Waals surface area contributed by atoms with Gasteiger partial charge in [0, 0.05) is 57.2 Å². The van der Waals surface area contributed by atoms with Crippen molar-refractivity contribution in [2.75, 3.05) is 36.4 Å². The largest absolute Gasteiger partial charge is 0.367 e. The summed E-state index contributed by atoms with van der Waals surface area (Å²) < 4.78 is 1.94. The fourth-order valence-corrected chi connectivity index (χ4v) is 5.33. The molecule has 9 nitrogen and oxygen atoms in total. The monoisotopic (exact) mass is 485 g/mol. The van der Waals surface area contributed by atoms with Gasteiger partial charge in [0.15, 0.2) is 11.3 Å². The van der Waals surface area contributed by atoms with E-state index in [1.54, 1.807) is 12.4 Å². The number of aryl methyl sites for hydroxylation is 5. The number of piperidine rings is 1. The molecule has 0 bridgehead atoms. The molecule has 5 rings (SSSR count). The molecule has 0 unspecified atom stereocenters. The molecule has 0 amide bonds. The van der Waals surface area contributed by atoms with Gasteiger partial charge >= 0.3 is 0 Å². The Labute approximate surface area is 212 Å². The van der Waals surface area contributed by atoms with Crippen LogP contribution in [0.4, 0.5) is 11.8 Å². The smallest absolute Gasteiger partial charge is 0.225 e. The third-order valence-corrected chi connectivity index (χ3v) is 6.89. The van der Waals surface area contributed by atoms with E-state index in [9.17, 15) is 0 Å². The molecule has 4 heterocycles. The maximum Gasteiger partial charge on any atom is 0.225 e. The maximum atomic E-state index is 4.83. The van der Waals surface area contributed by atoms with Crippen molar-refractivity contribution in [1.82, 2.24) is 35.0 Å². The number of aromatic nitrogens is 6. The first-order chi connectivity index (χ1) is 17.4. The molecule has 1 saturated heterocycles. The minimum Gasteiger partial charge on any atom is -0.367 e. The van der Waals surface area contributed by atoms with Gasteiger partial charge in [-0.25, -0.2) is 19.9 Å². The van der Waals surface area contributed by atoms with Crippen LogP contribution in [-0.4, -0.2) is 61.9 Å². The molecule has 0 spiro atoms. The molecule has 1 aliphatic rings. The van der Waals surface area contributed by atoms with Gasteiger partial charge in [-0.2, -0.15) is 5.10 Å². The first kappa shape index (κ1) is 24.1. The predicted molar refractivity (Wildman–Crippen MR) is 144 cm³/mol. The van der Waals surface area contributed by atoms with Crippen LogP contribution in [-0.2, 0) is 7.05 Å². The highest BCUT2D eigenvalue weighted by Crippen LogP contribution is 2.34. The second-order valence-electron chi connectivity index (χ2n) is 9.75. The molecule has 0 saturated carbocycles. The van der Waals surface area contributed by atoms with Crippen LogP contribution >= 0.6 is 0 Å². The van der Waals surface area contributed by atoms with E-state index in [1.165, 1.54) is 22.3 Å². The van der Waals surface area contributed by atoms with E-state index in [0.717, 1.165) is 73.3 Å². The molecule has 0 aliphatic carbocycles. The number of nitrogens with zero attached hydrogens (tertiary/aromatic N) is 7. The lowest BCUT2D eigenvalue weighted by Crippen LogP contribution is -2.44. The van der Waals surface area contributed by atoms with Crippen LogP contribution in [0.15, 0.2) is 30.6 Å². The molecule has 3 aromatic heterocycles. The standard InChI is InChI=1S/C27H35N9/c1-17-15-18(2)22(19(3)16-17)25-23-24(34-35(25)5)26(33-20(4)32-23)29-12-11-28-21-7-13-36(14-8-21)27-30-9-6-10-31-27/h6,9-10,15-16,21,28H,7-8,11-14H2,1-5H3,(H,29,32,33). The van der Waals surface area contributed by atoms with Gasteiger partial charge in [-0.3, -0.25) is 4.68 Å². The summed E-state index contributed by atoms with van der Waals surface area (Å²) in [7, 11) is 1.99. The highest BCUT2D eigenvalue weighted by Gasteiger charge is 2.22. The molecule has 36 heavy (non-hydrogen) atoms. The Morgan fingerprint density at radius 1 is 0.917 bits per heavy atom. The normalized spacial score (nSPS) is 14.5. The third kappa shape index (κ3) is 4.88. The number of fused-ring (bicyclic) bond motifs is 1. The van der Waals surface area contributed by atoms with Gasteiger partial charge < -0.3 is 15.5 Å². The average molecular weight is 486 g/mol. The Morgan fingerprint density at radius 3 is 2.31 bits per heavy atom. The lowest BCUT2D eigenvalue weighted by atomic mass is 9.96. The highest BCUT2D eigenvalue weighted by molar-refractivity contribution is 5.97. The zero-order chi connectivity index (χ0) is 25.2. The van der Waals surface area contributed by atoms with Gasteiger partial charge in [0.05, 0.1) is 5.69 Å². The van der Waals surface area contributed by atoms with Crippen LogP contribution in [0.2, 0.25) is 0 Å². The topological polar surface area (TPSA) is 96.7 Å². The summed E-state index contributed by atoms with van der Waals surface area (Å²) in [6, 6.07) is 6.79. The quantitative estimate of drug-likeness (QED) is 0.382. The number of rotatable bonds is 7. The van der Waals surface area contributed by atoms with Crippen molar-refractivity contribution in [2.24, 2.45) is 7.05 Å². The second-order valence-corrected chi connectivity index (χ2v) is 9.75. The van der Waals surface area contributed by atoms with Crippen LogP contribution in [0.1, 0.15) is 35.4 Å². The van der Waals surface area contributed by atoms with E-state index in [0.29, 0.717) is 6.04 Å². The molecule has 0 atom stereocenters. The Bertz CT molecular complexity index is 1330. The Hall–Kier alpha value is -3.59. The molecular formula is C27H35N9. The van der Waals surface area contributed by atoms with Crippen molar-refractivity contribution in [3.05, 3.63) is 53.1 Å². The van der Waals surface area contributed by atoms with Gasteiger partial charge in [-0.05, 0) is 57.7 Å². The minimum atomic E-state index is 0.493. The average Bonchev–Trinajstić information content (AvgIpc) is 3.18. The summed E-state index contributed by atoms with van der Waals surface area (Å²) in [6.07, 6.45) is 5.76. The van der Waals surface area contributed by atoms with Crippen LogP contribution in [0.25, 0.3) is 22.3 Å². The summed E-state index contributed by atoms with van der Waals surface area (Å²) in [4.78, 5) is 20.5. The van der Waals surface area contributed by atoms with Gasteiger partial charge in [0.2, 0.25) is 5.95 Å². The molecular weight excluding hydrogens is 450 g/mol. The third-order valence-electron chi connectivity index (χ3n) is 6.89. The SMILES string of the molecule is Cc1cc(C)c(-c2c3nc(C)nc(NCCNC4CCN(c5ncccn5)CC4)c3nn2C)c(C)c1. The van der Waals surface area contributed by atoms with E-state index >= 15 is 0 Å². The van der Waals surface area contributed by atoms with E-state index in [-0.39, 0.29) is 0 Å². The fourth-order valence-electron chi connectivity index (χ4n) is 5.33. The molecule has 4 aromatic rings.